The normalized spacial score (nSPS) is 19.3. The predicted molar refractivity (Wildman–Crippen MR) is 72.4 cm³/mol. The number of urea groups is 1. The Bertz CT molecular complexity index is 502. The molecule has 1 aliphatic rings. The van der Waals surface area contributed by atoms with Crippen LogP contribution in [0.1, 0.15) is 5.69 Å². The molecule has 0 aliphatic carbocycles. The van der Waals surface area contributed by atoms with Gasteiger partial charge in [0.2, 0.25) is 0 Å². The number of carboxylic acid groups (broad SMARTS) is 1. The molecule has 1 aliphatic heterocycles. The number of carbonyl (C=O) groups is 2. The average molecular weight is 284 g/mol. The minimum Gasteiger partial charge on any atom is -0.480 e. The molecule has 8 heteroatoms. The highest BCUT2D eigenvalue weighted by Gasteiger charge is 2.32. The van der Waals surface area contributed by atoms with Crippen molar-refractivity contribution in [2.75, 3.05) is 23.4 Å². The number of thioether (sulfide) groups is 1. The number of rotatable bonds is 2. The summed E-state index contributed by atoms with van der Waals surface area (Å²) in [6, 6.07) is -1.15. The van der Waals surface area contributed by atoms with Gasteiger partial charge in [0, 0.05) is 31.3 Å². The molecule has 0 spiro atoms. The first-order valence-corrected chi connectivity index (χ1v) is 7.03. The maximum atomic E-state index is 12.1. The molecule has 104 valence electrons. The van der Waals surface area contributed by atoms with Crippen molar-refractivity contribution in [2.45, 2.75) is 13.0 Å². The number of hydrogen-bond donors (Lipinski definition) is 2. The topological polar surface area (TPSA) is 87.5 Å². The zero-order valence-electron chi connectivity index (χ0n) is 10.8. The molecule has 1 aromatic heterocycles. The van der Waals surface area contributed by atoms with Crippen LogP contribution in [0.5, 0.6) is 0 Å². The highest BCUT2D eigenvalue weighted by molar-refractivity contribution is 7.99. The summed E-state index contributed by atoms with van der Waals surface area (Å²) < 4.78 is 1.60. The number of amides is 2. The SMILES string of the molecule is Cc1nn(C)cc1NC(=O)N1CCSCC1C(=O)O. The van der Waals surface area contributed by atoms with Crippen LogP contribution in [-0.2, 0) is 11.8 Å². The van der Waals surface area contributed by atoms with Gasteiger partial charge in [0.05, 0.1) is 11.4 Å². The van der Waals surface area contributed by atoms with Gasteiger partial charge in [0.25, 0.3) is 0 Å². The van der Waals surface area contributed by atoms with Crippen molar-refractivity contribution >= 4 is 29.4 Å². The van der Waals surface area contributed by atoms with E-state index in [9.17, 15) is 9.59 Å². The smallest absolute Gasteiger partial charge is 0.327 e. The summed E-state index contributed by atoms with van der Waals surface area (Å²) in [5, 5.41) is 16.0. The Balaban J connectivity index is 2.09. The number of aliphatic carboxylic acids is 1. The Labute approximate surface area is 115 Å². The van der Waals surface area contributed by atoms with E-state index in [2.05, 4.69) is 10.4 Å². The van der Waals surface area contributed by atoms with E-state index >= 15 is 0 Å². The Kier molecular flexibility index (Phi) is 3.98. The third kappa shape index (κ3) is 3.01. The van der Waals surface area contributed by atoms with E-state index in [0.717, 1.165) is 5.75 Å². The lowest BCUT2D eigenvalue weighted by atomic mass is 10.3. The van der Waals surface area contributed by atoms with Crippen LogP contribution in [0, 0.1) is 6.92 Å². The van der Waals surface area contributed by atoms with E-state index < -0.39 is 12.0 Å². The summed E-state index contributed by atoms with van der Waals surface area (Å²) in [6.07, 6.45) is 1.70. The van der Waals surface area contributed by atoms with Crippen molar-refractivity contribution in [3.05, 3.63) is 11.9 Å². The van der Waals surface area contributed by atoms with Crippen LogP contribution in [0.2, 0.25) is 0 Å². The number of anilines is 1. The summed E-state index contributed by atoms with van der Waals surface area (Å²) in [7, 11) is 1.76. The zero-order chi connectivity index (χ0) is 14.0. The van der Waals surface area contributed by atoms with Crippen molar-refractivity contribution in [3.8, 4) is 0 Å². The van der Waals surface area contributed by atoms with Crippen molar-refractivity contribution < 1.29 is 14.7 Å². The Morgan fingerprint density at radius 3 is 2.89 bits per heavy atom. The fraction of sp³-hybridized carbons (Fsp3) is 0.545. The van der Waals surface area contributed by atoms with Crippen LogP contribution in [0.3, 0.4) is 0 Å². The van der Waals surface area contributed by atoms with Crippen molar-refractivity contribution in [2.24, 2.45) is 7.05 Å². The first-order valence-electron chi connectivity index (χ1n) is 5.87. The monoisotopic (exact) mass is 284 g/mol. The van der Waals surface area contributed by atoms with Gasteiger partial charge in [-0.3, -0.25) is 4.68 Å². The van der Waals surface area contributed by atoms with Crippen LogP contribution in [0.15, 0.2) is 6.20 Å². The van der Waals surface area contributed by atoms with E-state index in [1.165, 1.54) is 4.90 Å². The lowest BCUT2D eigenvalue weighted by Gasteiger charge is -2.32. The zero-order valence-corrected chi connectivity index (χ0v) is 11.6. The summed E-state index contributed by atoms with van der Waals surface area (Å²) in [4.78, 5) is 24.7. The molecule has 1 saturated heterocycles. The lowest BCUT2D eigenvalue weighted by molar-refractivity contribution is -0.141. The van der Waals surface area contributed by atoms with Gasteiger partial charge in [-0.25, -0.2) is 9.59 Å². The molecule has 1 aromatic rings. The molecular weight excluding hydrogens is 268 g/mol. The second kappa shape index (κ2) is 5.52. The van der Waals surface area contributed by atoms with Gasteiger partial charge in [0.15, 0.2) is 0 Å². The van der Waals surface area contributed by atoms with Crippen molar-refractivity contribution in [1.29, 1.82) is 0 Å². The van der Waals surface area contributed by atoms with Crippen molar-refractivity contribution in [1.82, 2.24) is 14.7 Å². The van der Waals surface area contributed by atoms with Gasteiger partial charge < -0.3 is 15.3 Å². The lowest BCUT2D eigenvalue weighted by Crippen LogP contribution is -2.51. The molecule has 2 heterocycles. The molecule has 0 saturated carbocycles. The number of carboxylic acids is 1. The predicted octanol–water partition coefficient (Wildman–Crippen LogP) is 0.762. The Morgan fingerprint density at radius 2 is 2.32 bits per heavy atom. The average Bonchev–Trinajstić information content (AvgIpc) is 2.67. The quantitative estimate of drug-likeness (QED) is 0.837. The molecule has 1 unspecified atom stereocenters. The molecule has 19 heavy (non-hydrogen) atoms. The van der Waals surface area contributed by atoms with E-state index in [1.807, 2.05) is 0 Å². The Morgan fingerprint density at radius 1 is 1.58 bits per heavy atom. The molecule has 7 nitrogen and oxygen atoms in total. The summed E-state index contributed by atoms with van der Waals surface area (Å²) >= 11 is 1.55. The maximum Gasteiger partial charge on any atom is 0.327 e. The maximum absolute atomic E-state index is 12.1. The second-order valence-electron chi connectivity index (χ2n) is 4.35. The standard InChI is InChI=1S/C11H16N4O3S/c1-7-8(5-14(2)13-7)12-11(18)15-3-4-19-6-9(15)10(16)17/h5,9H,3-4,6H2,1-2H3,(H,12,18)(H,16,17). The number of aromatic nitrogens is 2. The third-order valence-electron chi connectivity index (χ3n) is 2.93. The van der Waals surface area contributed by atoms with E-state index in [4.69, 9.17) is 5.11 Å². The Hall–Kier alpha value is -1.70. The van der Waals surface area contributed by atoms with Gasteiger partial charge in [-0.05, 0) is 6.92 Å². The molecule has 2 rings (SSSR count). The highest BCUT2D eigenvalue weighted by Crippen LogP contribution is 2.19. The molecule has 1 atom stereocenters. The van der Waals surface area contributed by atoms with Gasteiger partial charge in [-0.1, -0.05) is 0 Å². The van der Waals surface area contributed by atoms with Gasteiger partial charge in [-0.15, -0.1) is 0 Å². The minimum atomic E-state index is -0.967. The van der Waals surface area contributed by atoms with Crippen LogP contribution in [-0.4, -0.2) is 55.9 Å². The number of nitrogens with one attached hydrogen (secondary N) is 1. The van der Waals surface area contributed by atoms with E-state index in [0.29, 0.717) is 23.7 Å². The second-order valence-corrected chi connectivity index (χ2v) is 5.50. The molecule has 0 radical (unpaired) electrons. The summed E-state index contributed by atoms with van der Waals surface area (Å²) in [5.41, 5.74) is 1.31. The van der Waals surface area contributed by atoms with Gasteiger partial charge >= 0.3 is 12.0 Å². The molecule has 1 fully saturated rings. The number of carbonyl (C=O) groups excluding carboxylic acids is 1. The molecule has 2 amide bonds. The first-order chi connectivity index (χ1) is 8.99. The van der Waals surface area contributed by atoms with Crippen molar-refractivity contribution in [3.63, 3.8) is 0 Å². The number of hydrogen-bond acceptors (Lipinski definition) is 4. The molecular formula is C11H16N4O3S. The fourth-order valence-electron chi connectivity index (χ4n) is 1.96. The molecule has 0 aromatic carbocycles. The van der Waals surface area contributed by atoms with E-state index in [1.54, 1.807) is 36.6 Å². The largest absolute Gasteiger partial charge is 0.480 e. The first kappa shape index (κ1) is 13.7. The summed E-state index contributed by atoms with van der Waals surface area (Å²) in [5.74, 6) is 0.211. The van der Waals surface area contributed by atoms with Crippen LogP contribution >= 0.6 is 11.8 Å². The van der Waals surface area contributed by atoms with E-state index in [-0.39, 0.29) is 6.03 Å². The van der Waals surface area contributed by atoms with Crippen LogP contribution in [0.25, 0.3) is 0 Å². The summed E-state index contributed by atoms with van der Waals surface area (Å²) in [6.45, 7) is 2.23. The molecule has 2 N–H and O–H groups in total. The molecule has 0 bridgehead atoms. The van der Waals surface area contributed by atoms with Gasteiger partial charge in [-0.2, -0.15) is 16.9 Å². The minimum absolute atomic E-state index is 0.385. The van der Waals surface area contributed by atoms with Crippen LogP contribution < -0.4 is 5.32 Å². The van der Waals surface area contributed by atoms with Gasteiger partial charge in [0.1, 0.15) is 6.04 Å². The van der Waals surface area contributed by atoms with Crippen LogP contribution in [0.4, 0.5) is 10.5 Å². The number of aryl methyl sites for hydroxylation is 2. The third-order valence-corrected chi connectivity index (χ3v) is 3.95. The fourth-order valence-corrected chi connectivity index (χ4v) is 3.00. The number of nitrogens with zero attached hydrogens (tertiary/aromatic N) is 3. The highest BCUT2D eigenvalue weighted by atomic mass is 32.2.